The minimum absolute atomic E-state index is 0.0333. The molecular formula is C21H21ClN2O3. The molecule has 1 aliphatic rings. The van der Waals surface area contributed by atoms with Crippen molar-refractivity contribution in [3.63, 3.8) is 0 Å². The van der Waals surface area contributed by atoms with E-state index in [1.807, 2.05) is 19.1 Å². The fourth-order valence-electron chi connectivity index (χ4n) is 3.19. The third-order valence-corrected chi connectivity index (χ3v) is 5.23. The van der Waals surface area contributed by atoms with Crippen LogP contribution in [0.3, 0.4) is 0 Å². The average molecular weight is 385 g/mol. The first-order valence-corrected chi connectivity index (χ1v) is 9.24. The van der Waals surface area contributed by atoms with Gasteiger partial charge in [0.2, 0.25) is 5.91 Å². The van der Waals surface area contributed by atoms with Crippen molar-refractivity contribution in [1.29, 1.82) is 0 Å². The Morgan fingerprint density at radius 2 is 1.59 bits per heavy atom. The number of hydrogen-bond acceptors (Lipinski definition) is 3. The first-order chi connectivity index (χ1) is 12.9. The lowest BCUT2D eigenvalue weighted by atomic mass is 10.1. The molecule has 1 heterocycles. The van der Waals surface area contributed by atoms with Gasteiger partial charge in [-0.05, 0) is 43.2 Å². The van der Waals surface area contributed by atoms with Crippen molar-refractivity contribution in [1.82, 2.24) is 9.80 Å². The maximum atomic E-state index is 12.5. The van der Waals surface area contributed by atoms with Gasteiger partial charge in [0.15, 0.2) is 0 Å². The molecule has 0 radical (unpaired) electrons. The van der Waals surface area contributed by atoms with Gasteiger partial charge in [0, 0.05) is 25.0 Å². The second-order valence-electron chi connectivity index (χ2n) is 6.64. The maximum Gasteiger partial charge on any atom is 0.261 e. The van der Waals surface area contributed by atoms with E-state index in [0.717, 1.165) is 5.56 Å². The summed E-state index contributed by atoms with van der Waals surface area (Å²) >= 11 is 5.91. The standard InChI is InChI=1S/C21H21ClN2O3/c1-14(15-9-11-16(22)12-10-15)23(2)19(25)8-5-13-24-20(26)17-6-3-4-7-18(17)21(24)27/h3-4,6-7,9-12,14H,5,8,13H2,1-2H3. The lowest BCUT2D eigenvalue weighted by Gasteiger charge is -2.26. The van der Waals surface area contributed by atoms with Crippen LogP contribution in [-0.2, 0) is 4.79 Å². The van der Waals surface area contributed by atoms with Gasteiger partial charge in [0.1, 0.15) is 0 Å². The van der Waals surface area contributed by atoms with Gasteiger partial charge in [-0.1, -0.05) is 35.9 Å². The van der Waals surface area contributed by atoms with Crippen LogP contribution >= 0.6 is 11.6 Å². The Morgan fingerprint density at radius 3 is 2.15 bits per heavy atom. The summed E-state index contributed by atoms with van der Waals surface area (Å²) in [5.74, 6) is -0.606. The van der Waals surface area contributed by atoms with E-state index in [2.05, 4.69) is 0 Å². The predicted octanol–water partition coefficient (Wildman–Crippen LogP) is 3.94. The number of carbonyl (C=O) groups is 3. The molecule has 1 aliphatic heterocycles. The van der Waals surface area contributed by atoms with Crippen LogP contribution in [0, 0.1) is 0 Å². The Labute approximate surface area is 163 Å². The predicted molar refractivity (Wildman–Crippen MR) is 104 cm³/mol. The molecule has 1 unspecified atom stereocenters. The van der Waals surface area contributed by atoms with Gasteiger partial charge < -0.3 is 4.90 Å². The number of benzene rings is 2. The molecule has 2 aromatic rings. The highest BCUT2D eigenvalue weighted by Gasteiger charge is 2.34. The van der Waals surface area contributed by atoms with Gasteiger partial charge in [-0.15, -0.1) is 0 Å². The molecule has 3 rings (SSSR count). The van der Waals surface area contributed by atoms with E-state index in [-0.39, 0.29) is 36.7 Å². The number of rotatable bonds is 6. The summed E-state index contributed by atoms with van der Waals surface area (Å²) in [6.45, 7) is 2.19. The Hall–Kier alpha value is -2.66. The largest absolute Gasteiger partial charge is 0.339 e. The van der Waals surface area contributed by atoms with Crippen molar-refractivity contribution < 1.29 is 14.4 Å². The van der Waals surface area contributed by atoms with Crippen LogP contribution in [0.5, 0.6) is 0 Å². The van der Waals surface area contributed by atoms with E-state index in [4.69, 9.17) is 11.6 Å². The summed E-state index contributed by atoms with van der Waals surface area (Å²) in [4.78, 5) is 40.1. The van der Waals surface area contributed by atoms with Crippen molar-refractivity contribution >= 4 is 29.3 Å². The fourth-order valence-corrected chi connectivity index (χ4v) is 3.31. The summed E-state index contributed by atoms with van der Waals surface area (Å²) in [7, 11) is 1.75. The quantitative estimate of drug-likeness (QED) is 0.709. The molecule has 27 heavy (non-hydrogen) atoms. The monoisotopic (exact) mass is 384 g/mol. The van der Waals surface area contributed by atoms with Crippen LogP contribution < -0.4 is 0 Å². The minimum atomic E-state index is -0.286. The van der Waals surface area contributed by atoms with E-state index in [9.17, 15) is 14.4 Å². The van der Waals surface area contributed by atoms with Crippen LogP contribution in [0.2, 0.25) is 5.02 Å². The van der Waals surface area contributed by atoms with E-state index in [0.29, 0.717) is 22.6 Å². The van der Waals surface area contributed by atoms with Crippen LogP contribution in [0.4, 0.5) is 0 Å². The highest BCUT2D eigenvalue weighted by atomic mass is 35.5. The molecule has 0 spiro atoms. The zero-order valence-corrected chi connectivity index (χ0v) is 16.1. The molecule has 0 fully saturated rings. The summed E-state index contributed by atoms with van der Waals surface area (Å²) in [6.07, 6.45) is 0.698. The number of nitrogens with zero attached hydrogens (tertiary/aromatic N) is 2. The molecular weight excluding hydrogens is 364 g/mol. The minimum Gasteiger partial charge on any atom is -0.339 e. The van der Waals surface area contributed by atoms with Crippen molar-refractivity contribution in [2.45, 2.75) is 25.8 Å². The SMILES string of the molecule is CC(c1ccc(Cl)cc1)N(C)C(=O)CCCN1C(=O)c2ccccc2C1=O. The highest BCUT2D eigenvalue weighted by Crippen LogP contribution is 2.24. The molecule has 0 bridgehead atoms. The van der Waals surface area contributed by atoms with Crippen LogP contribution in [0.25, 0.3) is 0 Å². The molecule has 0 N–H and O–H groups in total. The van der Waals surface area contributed by atoms with E-state index in [1.165, 1.54) is 4.90 Å². The Bertz CT molecular complexity index is 844. The van der Waals surface area contributed by atoms with Crippen molar-refractivity contribution in [3.8, 4) is 0 Å². The zero-order chi connectivity index (χ0) is 19.6. The van der Waals surface area contributed by atoms with Crippen LogP contribution in [0.15, 0.2) is 48.5 Å². The summed E-state index contributed by atoms with van der Waals surface area (Å²) < 4.78 is 0. The van der Waals surface area contributed by atoms with Crippen LogP contribution in [-0.4, -0.2) is 41.1 Å². The van der Waals surface area contributed by atoms with Crippen LogP contribution in [0.1, 0.15) is 52.1 Å². The number of carbonyl (C=O) groups excluding carboxylic acids is 3. The molecule has 0 saturated carbocycles. The lowest BCUT2D eigenvalue weighted by molar-refractivity contribution is -0.132. The molecule has 3 amide bonds. The second kappa shape index (κ2) is 7.92. The highest BCUT2D eigenvalue weighted by molar-refractivity contribution is 6.30. The number of halogens is 1. The molecule has 5 nitrogen and oxygen atoms in total. The normalized spacial score (nSPS) is 14.3. The van der Waals surface area contributed by atoms with Gasteiger partial charge in [-0.2, -0.15) is 0 Å². The molecule has 6 heteroatoms. The smallest absolute Gasteiger partial charge is 0.261 e. The number of amides is 3. The molecule has 0 aliphatic carbocycles. The summed E-state index contributed by atoms with van der Waals surface area (Å²) in [5.41, 5.74) is 1.86. The van der Waals surface area contributed by atoms with Gasteiger partial charge in [-0.3, -0.25) is 19.3 Å². The lowest BCUT2D eigenvalue weighted by Crippen LogP contribution is -2.33. The first kappa shape index (κ1) is 19.1. The Balaban J connectivity index is 1.54. The van der Waals surface area contributed by atoms with Gasteiger partial charge >= 0.3 is 0 Å². The van der Waals surface area contributed by atoms with Crippen molar-refractivity contribution in [2.75, 3.05) is 13.6 Å². The van der Waals surface area contributed by atoms with E-state index < -0.39 is 0 Å². The third-order valence-electron chi connectivity index (χ3n) is 4.98. The number of hydrogen-bond donors (Lipinski definition) is 0. The Morgan fingerprint density at radius 1 is 1.04 bits per heavy atom. The first-order valence-electron chi connectivity index (χ1n) is 8.86. The summed E-state index contributed by atoms with van der Waals surface area (Å²) in [5, 5.41) is 0.654. The van der Waals surface area contributed by atoms with Gasteiger partial charge in [0.25, 0.3) is 11.8 Å². The zero-order valence-electron chi connectivity index (χ0n) is 15.3. The molecule has 140 valence electrons. The summed E-state index contributed by atoms with van der Waals surface area (Å²) in [6, 6.07) is 14.1. The van der Waals surface area contributed by atoms with E-state index >= 15 is 0 Å². The number of imide groups is 1. The van der Waals surface area contributed by atoms with Crippen molar-refractivity contribution in [2.24, 2.45) is 0 Å². The topological polar surface area (TPSA) is 57.7 Å². The average Bonchev–Trinajstić information content (AvgIpc) is 2.92. The maximum absolute atomic E-state index is 12.5. The molecule has 1 atom stereocenters. The van der Waals surface area contributed by atoms with Crippen molar-refractivity contribution in [3.05, 3.63) is 70.2 Å². The third kappa shape index (κ3) is 3.88. The fraction of sp³-hybridized carbons (Fsp3) is 0.286. The Kier molecular flexibility index (Phi) is 5.61. The van der Waals surface area contributed by atoms with Gasteiger partial charge in [-0.25, -0.2) is 0 Å². The second-order valence-corrected chi connectivity index (χ2v) is 7.08. The molecule has 0 aromatic heterocycles. The molecule has 0 saturated heterocycles. The van der Waals surface area contributed by atoms with Gasteiger partial charge in [0.05, 0.1) is 17.2 Å². The van der Waals surface area contributed by atoms with E-state index in [1.54, 1.807) is 48.3 Å². The number of fused-ring (bicyclic) bond motifs is 1. The molecule has 2 aromatic carbocycles.